The van der Waals surface area contributed by atoms with E-state index >= 15 is 0 Å². The van der Waals surface area contributed by atoms with Gasteiger partial charge in [0.05, 0.1) is 22.0 Å². The Hall–Kier alpha value is -1.77. The van der Waals surface area contributed by atoms with Crippen LogP contribution in [0.2, 0.25) is 0 Å². The second kappa shape index (κ2) is 8.50. The predicted molar refractivity (Wildman–Crippen MR) is 106 cm³/mol. The monoisotopic (exact) mass is 407 g/mol. The van der Waals surface area contributed by atoms with Gasteiger partial charge in [0.25, 0.3) is 0 Å². The molecule has 1 unspecified atom stereocenters. The van der Waals surface area contributed by atoms with Crippen LogP contribution in [-0.4, -0.2) is 43.8 Å². The summed E-state index contributed by atoms with van der Waals surface area (Å²) in [4.78, 5) is 19.0. The van der Waals surface area contributed by atoms with E-state index < -0.39 is 10.0 Å². The van der Waals surface area contributed by atoms with Crippen LogP contribution < -0.4 is 4.72 Å². The van der Waals surface area contributed by atoms with Gasteiger partial charge in [-0.3, -0.25) is 4.79 Å². The first kappa shape index (κ1) is 20.0. The van der Waals surface area contributed by atoms with Crippen molar-refractivity contribution in [1.29, 1.82) is 0 Å². The summed E-state index contributed by atoms with van der Waals surface area (Å²) in [6.45, 7) is 5.50. The number of likely N-dealkylation sites (tertiary alicyclic amines) is 1. The molecule has 1 aliphatic heterocycles. The van der Waals surface area contributed by atoms with Gasteiger partial charge in [0.2, 0.25) is 15.9 Å². The van der Waals surface area contributed by atoms with Crippen molar-refractivity contribution < 1.29 is 13.2 Å². The summed E-state index contributed by atoms with van der Waals surface area (Å²) in [5.41, 5.74) is 1.83. The molecule has 2 heterocycles. The van der Waals surface area contributed by atoms with Crippen LogP contribution in [0.15, 0.2) is 34.5 Å². The molecule has 1 saturated heterocycles. The number of thiazole rings is 1. The topological polar surface area (TPSA) is 79.4 Å². The third-order valence-electron chi connectivity index (χ3n) is 4.76. The number of hydrogen-bond donors (Lipinski definition) is 1. The molecule has 8 heteroatoms. The summed E-state index contributed by atoms with van der Waals surface area (Å²) < 4.78 is 27.6. The zero-order valence-electron chi connectivity index (χ0n) is 15.6. The molecule has 0 radical (unpaired) electrons. The molecule has 0 spiro atoms. The number of piperidine rings is 1. The van der Waals surface area contributed by atoms with Crippen LogP contribution in [0.3, 0.4) is 0 Å². The molecule has 0 saturated carbocycles. The van der Waals surface area contributed by atoms with Crippen molar-refractivity contribution in [2.45, 2.75) is 38.0 Å². The summed E-state index contributed by atoms with van der Waals surface area (Å²) in [6, 6.07) is 6.81. The van der Waals surface area contributed by atoms with Crippen LogP contribution >= 0.6 is 11.3 Å². The number of rotatable bonds is 6. The molecular weight excluding hydrogens is 382 g/mol. The molecule has 0 aliphatic carbocycles. The maximum absolute atomic E-state index is 12.5. The quantitative estimate of drug-likeness (QED) is 0.798. The lowest BCUT2D eigenvalue weighted by Crippen LogP contribution is -2.44. The molecule has 2 aromatic rings. The van der Waals surface area contributed by atoms with E-state index in [-0.39, 0.29) is 16.7 Å². The van der Waals surface area contributed by atoms with Crippen molar-refractivity contribution in [3.63, 3.8) is 0 Å². The molecule has 1 atom stereocenters. The number of amides is 1. The molecule has 1 aromatic carbocycles. The fraction of sp³-hybridized carbons (Fsp3) is 0.474. The number of carbonyl (C=O) groups is 1. The van der Waals surface area contributed by atoms with Gasteiger partial charge >= 0.3 is 0 Å². The highest BCUT2D eigenvalue weighted by Gasteiger charge is 2.25. The Morgan fingerprint density at radius 3 is 2.70 bits per heavy atom. The molecule has 1 fully saturated rings. The Morgan fingerprint density at radius 1 is 1.30 bits per heavy atom. The molecule has 0 bridgehead atoms. The minimum atomic E-state index is -3.52. The molecule has 6 nitrogen and oxygen atoms in total. The van der Waals surface area contributed by atoms with Gasteiger partial charge in [0.15, 0.2) is 0 Å². The minimum absolute atomic E-state index is 0.0615. The Balaban J connectivity index is 1.55. The first-order valence-corrected chi connectivity index (χ1v) is 11.4. The highest BCUT2D eigenvalue weighted by atomic mass is 32.2. The smallest absolute Gasteiger partial charge is 0.240 e. The summed E-state index contributed by atoms with van der Waals surface area (Å²) >= 11 is 1.54. The zero-order valence-corrected chi connectivity index (χ0v) is 17.3. The van der Waals surface area contributed by atoms with Gasteiger partial charge in [-0.1, -0.05) is 17.7 Å². The van der Waals surface area contributed by atoms with Gasteiger partial charge in [-0.2, -0.15) is 0 Å². The van der Waals surface area contributed by atoms with Crippen molar-refractivity contribution in [2.24, 2.45) is 5.92 Å². The fourth-order valence-corrected chi connectivity index (χ4v) is 4.97. The summed E-state index contributed by atoms with van der Waals surface area (Å²) in [5.74, 6) is 0.187. The van der Waals surface area contributed by atoms with Crippen LogP contribution in [-0.2, 0) is 21.2 Å². The van der Waals surface area contributed by atoms with Crippen LogP contribution in [0.4, 0.5) is 0 Å². The van der Waals surface area contributed by atoms with Gasteiger partial charge in [-0.05, 0) is 44.7 Å². The van der Waals surface area contributed by atoms with E-state index in [4.69, 9.17) is 0 Å². The Labute approximate surface area is 164 Å². The minimum Gasteiger partial charge on any atom is -0.342 e. The van der Waals surface area contributed by atoms with Gasteiger partial charge < -0.3 is 4.90 Å². The van der Waals surface area contributed by atoms with Gasteiger partial charge in [-0.25, -0.2) is 18.1 Å². The zero-order chi connectivity index (χ0) is 19.4. The average Bonchev–Trinajstić information content (AvgIpc) is 3.05. The lowest BCUT2D eigenvalue weighted by atomic mass is 9.98. The lowest BCUT2D eigenvalue weighted by molar-refractivity contribution is -0.132. The van der Waals surface area contributed by atoms with E-state index in [1.165, 1.54) is 0 Å². The molecule has 1 amide bonds. The van der Waals surface area contributed by atoms with Gasteiger partial charge in [0, 0.05) is 25.0 Å². The number of aromatic nitrogens is 1. The van der Waals surface area contributed by atoms with Crippen LogP contribution in [0, 0.1) is 19.8 Å². The number of sulfonamides is 1. The number of benzene rings is 1. The van der Waals surface area contributed by atoms with Crippen molar-refractivity contribution in [3.8, 4) is 0 Å². The Bertz CT molecular complexity index is 891. The predicted octanol–water partition coefficient (Wildman–Crippen LogP) is 2.52. The highest BCUT2D eigenvalue weighted by molar-refractivity contribution is 7.89. The molecular formula is C19H25N3O3S2. The first-order chi connectivity index (χ1) is 12.8. The third-order valence-corrected chi connectivity index (χ3v) is 7.03. The molecule has 1 N–H and O–H groups in total. The van der Waals surface area contributed by atoms with E-state index in [1.807, 2.05) is 24.1 Å². The van der Waals surface area contributed by atoms with E-state index in [1.54, 1.807) is 35.6 Å². The number of aryl methyl sites for hydroxylation is 2. The maximum atomic E-state index is 12.5. The van der Waals surface area contributed by atoms with Crippen molar-refractivity contribution in [1.82, 2.24) is 14.6 Å². The number of nitrogens with zero attached hydrogens (tertiary/aromatic N) is 2. The first-order valence-electron chi connectivity index (χ1n) is 9.08. The Kier molecular flexibility index (Phi) is 6.29. The van der Waals surface area contributed by atoms with Crippen LogP contribution in [0.1, 0.15) is 29.1 Å². The standard InChI is InChI=1S/C19H25N3O3S2/c1-14-5-7-18(8-6-14)27(24,25)20-11-16-4-3-9-22(12-16)19(23)10-17-13-26-15(2)21-17/h5-8,13,16,20H,3-4,9-12H2,1-2H3. The largest absolute Gasteiger partial charge is 0.342 e. The second-order valence-corrected chi connectivity index (χ2v) is 9.88. The average molecular weight is 408 g/mol. The maximum Gasteiger partial charge on any atom is 0.240 e. The van der Waals surface area contributed by atoms with E-state index in [2.05, 4.69) is 9.71 Å². The van der Waals surface area contributed by atoms with E-state index in [9.17, 15) is 13.2 Å². The molecule has 3 rings (SSSR count). The van der Waals surface area contributed by atoms with Crippen molar-refractivity contribution >= 4 is 27.3 Å². The van der Waals surface area contributed by atoms with Crippen molar-refractivity contribution in [3.05, 3.63) is 45.9 Å². The summed E-state index contributed by atoms with van der Waals surface area (Å²) in [7, 11) is -3.52. The van der Waals surface area contributed by atoms with Gasteiger partial charge in [-0.15, -0.1) is 11.3 Å². The van der Waals surface area contributed by atoms with Crippen molar-refractivity contribution in [2.75, 3.05) is 19.6 Å². The fourth-order valence-electron chi connectivity index (χ4n) is 3.24. The highest BCUT2D eigenvalue weighted by Crippen LogP contribution is 2.19. The SMILES string of the molecule is Cc1ccc(S(=O)(=O)NCC2CCCN(C(=O)Cc3csc(C)n3)C2)cc1. The normalized spacial score (nSPS) is 17.9. The molecule has 146 valence electrons. The van der Waals surface area contributed by atoms with E-state index in [0.717, 1.165) is 35.7 Å². The summed E-state index contributed by atoms with van der Waals surface area (Å²) in [5, 5.41) is 2.88. The third kappa shape index (κ3) is 5.37. The van der Waals surface area contributed by atoms with Crippen LogP contribution in [0.25, 0.3) is 0 Å². The number of nitrogens with one attached hydrogen (secondary N) is 1. The lowest BCUT2D eigenvalue weighted by Gasteiger charge is -2.32. The molecule has 27 heavy (non-hydrogen) atoms. The van der Waals surface area contributed by atoms with Crippen LogP contribution in [0.5, 0.6) is 0 Å². The molecule has 1 aromatic heterocycles. The molecule has 1 aliphatic rings. The van der Waals surface area contributed by atoms with Gasteiger partial charge in [0.1, 0.15) is 0 Å². The summed E-state index contributed by atoms with van der Waals surface area (Å²) in [6.07, 6.45) is 2.11. The number of carbonyl (C=O) groups excluding carboxylic acids is 1. The number of hydrogen-bond acceptors (Lipinski definition) is 5. The Morgan fingerprint density at radius 2 is 2.04 bits per heavy atom. The second-order valence-electron chi connectivity index (χ2n) is 7.05. The van der Waals surface area contributed by atoms with E-state index in [0.29, 0.717) is 19.5 Å².